The first-order valence-electron chi connectivity index (χ1n) is 3.22. The van der Waals surface area contributed by atoms with Crippen LogP contribution >= 0.6 is 15.6 Å². The summed E-state index contributed by atoms with van der Waals surface area (Å²) in [7, 11) is -10.7. The molecule has 0 spiro atoms. The molecular formula is C4H4O11P2Zn2. The van der Waals surface area contributed by atoms with E-state index in [1.54, 1.807) is 0 Å². The van der Waals surface area contributed by atoms with E-state index in [1.165, 1.54) is 0 Å². The fourth-order valence-electron chi connectivity index (χ4n) is 0.266. The van der Waals surface area contributed by atoms with E-state index in [0.29, 0.717) is 12.2 Å². The molecule has 0 aromatic carbocycles. The second-order valence-electron chi connectivity index (χ2n) is 1.99. The molecule has 0 fully saturated rings. The fraction of sp³-hybridized carbons (Fsp3) is 0. The Balaban J connectivity index is -0.000000108. The molecule has 0 amide bonds. The number of rotatable bonds is 4. The maximum absolute atomic E-state index is 9.55. The van der Waals surface area contributed by atoms with Gasteiger partial charge in [-0.1, -0.05) is 0 Å². The minimum atomic E-state index is -5.55. The minimum absolute atomic E-state index is 0. The van der Waals surface area contributed by atoms with Crippen LogP contribution in [-0.2, 0) is 62.0 Å². The number of phosphoric acid groups is 2. The number of hydrogen-bond donors (Lipinski definition) is 2. The normalized spacial score (nSPS) is 10.5. The Morgan fingerprint density at radius 1 is 0.947 bits per heavy atom. The number of carbonyl (C=O) groups is 2. The van der Waals surface area contributed by atoms with Gasteiger partial charge in [-0.25, -0.2) is 4.57 Å². The van der Waals surface area contributed by atoms with Gasteiger partial charge in [0.2, 0.25) is 0 Å². The third-order valence-electron chi connectivity index (χ3n) is 0.562. The molecule has 0 aliphatic heterocycles. The molecule has 19 heavy (non-hydrogen) atoms. The molecule has 0 aliphatic rings. The molecule has 11 nitrogen and oxygen atoms in total. The van der Waals surface area contributed by atoms with Gasteiger partial charge in [0.25, 0.3) is 0 Å². The molecule has 0 aromatic rings. The molecule has 0 radical (unpaired) electrons. The van der Waals surface area contributed by atoms with Gasteiger partial charge in [-0.3, -0.25) is 4.31 Å². The summed E-state index contributed by atoms with van der Waals surface area (Å²) >= 11 is 0. The monoisotopic (exact) mass is 418 g/mol. The molecule has 0 bridgehead atoms. The smallest absolute Gasteiger partial charge is 0.789 e. The number of carbonyl (C=O) groups excluding carboxylic acids is 2. The minimum Gasteiger partial charge on any atom is -0.789 e. The average molecular weight is 421 g/mol. The number of carboxylic acids is 2. The number of carboxylic acid groups (broad SMARTS) is 2. The van der Waals surface area contributed by atoms with Crippen molar-refractivity contribution in [3.8, 4) is 0 Å². The van der Waals surface area contributed by atoms with E-state index in [4.69, 9.17) is 9.79 Å². The second kappa shape index (κ2) is 12.0. The van der Waals surface area contributed by atoms with Crippen molar-refractivity contribution in [1.29, 1.82) is 0 Å². The molecule has 0 aliphatic carbocycles. The predicted octanol–water partition coefficient (Wildman–Crippen LogP) is -5.04. The summed E-state index contributed by atoms with van der Waals surface area (Å²) in [6.45, 7) is 0. The maximum atomic E-state index is 9.55. The van der Waals surface area contributed by atoms with Crippen molar-refractivity contribution in [2.75, 3.05) is 0 Å². The van der Waals surface area contributed by atoms with Gasteiger partial charge in [0.05, 0.1) is 19.8 Å². The SMILES string of the molecule is O=C([O-])/C=C\C(=O)[O-].O=P([O-])([O-])OP(=O)(O)O.[Zn+2].[Zn+2]. The molecule has 0 atom stereocenters. The van der Waals surface area contributed by atoms with Gasteiger partial charge in [0.15, 0.2) is 0 Å². The van der Waals surface area contributed by atoms with E-state index in [2.05, 4.69) is 4.31 Å². The van der Waals surface area contributed by atoms with Crippen LogP contribution in [0, 0.1) is 0 Å². The largest absolute Gasteiger partial charge is 2.00 e. The summed E-state index contributed by atoms with van der Waals surface area (Å²) < 4.78 is 21.7. The van der Waals surface area contributed by atoms with E-state index in [9.17, 15) is 38.7 Å². The Bertz CT molecular complexity index is 357. The molecule has 0 rings (SSSR count). The maximum Gasteiger partial charge on any atom is 2.00 e. The van der Waals surface area contributed by atoms with Crippen LogP contribution in [0.1, 0.15) is 0 Å². The number of hydrogen-bond acceptors (Lipinski definition) is 9. The molecule has 0 saturated heterocycles. The Hall–Kier alpha value is 0.187. The average Bonchev–Trinajstić information content (AvgIpc) is 1.94. The Labute approximate surface area is 131 Å². The van der Waals surface area contributed by atoms with Crippen molar-refractivity contribution in [1.82, 2.24) is 0 Å². The van der Waals surface area contributed by atoms with E-state index in [-0.39, 0.29) is 39.0 Å². The van der Waals surface area contributed by atoms with Crippen LogP contribution in [0.2, 0.25) is 0 Å². The van der Waals surface area contributed by atoms with Crippen LogP contribution in [0.3, 0.4) is 0 Å². The van der Waals surface area contributed by atoms with Gasteiger partial charge >= 0.3 is 46.8 Å². The van der Waals surface area contributed by atoms with E-state index >= 15 is 0 Å². The van der Waals surface area contributed by atoms with E-state index in [0.717, 1.165) is 0 Å². The topological polar surface area (TPSA) is 210 Å². The molecule has 2 N–H and O–H groups in total. The molecule has 15 heteroatoms. The van der Waals surface area contributed by atoms with Gasteiger partial charge < -0.3 is 43.9 Å². The Kier molecular flexibility index (Phi) is 17.3. The van der Waals surface area contributed by atoms with Gasteiger partial charge in [-0.15, -0.1) is 0 Å². The molecular weight excluding hydrogens is 417 g/mol. The predicted molar refractivity (Wildman–Crippen MR) is 39.9 cm³/mol. The van der Waals surface area contributed by atoms with Gasteiger partial charge in [-0.05, 0) is 12.2 Å². The van der Waals surface area contributed by atoms with Gasteiger partial charge in [-0.2, -0.15) is 0 Å². The zero-order chi connectivity index (χ0) is 14.3. The molecule has 0 heterocycles. The molecule has 0 saturated carbocycles. The number of aliphatic carboxylic acids is 2. The van der Waals surface area contributed by atoms with Crippen LogP contribution in [0.25, 0.3) is 0 Å². The zero-order valence-corrected chi connectivity index (χ0v) is 16.8. The molecule has 0 unspecified atom stereocenters. The van der Waals surface area contributed by atoms with Crippen LogP contribution in [0.5, 0.6) is 0 Å². The second-order valence-corrected chi connectivity index (χ2v) is 4.52. The third-order valence-corrected chi connectivity index (χ3v) is 2.21. The molecule has 100 valence electrons. The van der Waals surface area contributed by atoms with Crippen molar-refractivity contribution in [3.63, 3.8) is 0 Å². The van der Waals surface area contributed by atoms with Gasteiger partial charge in [0.1, 0.15) is 0 Å². The van der Waals surface area contributed by atoms with Crippen molar-refractivity contribution in [3.05, 3.63) is 12.2 Å². The third kappa shape index (κ3) is 38.1. The summed E-state index contributed by atoms with van der Waals surface area (Å²) in [5.74, 6) is -3.09. The van der Waals surface area contributed by atoms with Gasteiger partial charge in [0, 0.05) is 0 Å². The standard InChI is InChI=1S/C4H4O4.H4O7P2.2Zn/c5-3(6)1-2-4(7)8;1-8(2,3)7-9(4,5)6;;/h1-2H,(H,5,6)(H,7,8);(H2,1,2,3)(H2,4,5,6);;/q;;2*+2/p-4/b2-1-;;;. The summed E-state index contributed by atoms with van der Waals surface area (Å²) in [4.78, 5) is 53.0. The summed E-state index contributed by atoms with van der Waals surface area (Å²) in [6.07, 6.45) is 0.769. The van der Waals surface area contributed by atoms with E-state index in [1.807, 2.05) is 0 Å². The first-order chi connectivity index (χ1) is 7.33. The fourth-order valence-corrected chi connectivity index (χ4v) is 1.31. The Morgan fingerprint density at radius 2 is 1.21 bits per heavy atom. The Morgan fingerprint density at radius 3 is 1.26 bits per heavy atom. The molecule has 0 aromatic heterocycles. The van der Waals surface area contributed by atoms with Crippen LogP contribution in [0.15, 0.2) is 12.2 Å². The first kappa shape index (κ1) is 27.5. The van der Waals surface area contributed by atoms with Crippen molar-refractivity contribution in [2.24, 2.45) is 0 Å². The van der Waals surface area contributed by atoms with Crippen LogP contribution in [0.4, 0.5) is 0 Å². The quantitative estimate of drug-likeness (QED) is 0.249. The summed E-state index contributed by atoms with van der Waals surface area (Å²) in [5.41, 5.74) is 0. The van der Waals surface area contributed by atoms with Crippen molar-refractivity contribution < 1.29 is 91.8 Å². The van der Waals surface area contributed by atoms with E-state index < -0.39 is 27.6 Å². The summed E-state index contributed by atoms with van der Waals surface area (Å²) in [6, 6.07) is 0. The van der Waals surface area contributed by atoms with Crippen molar-refractivity contribution in [2.45, 2.75) is 0 Å². The summed E-state index contributed by atoms with van der Waals surface area (Å²) in [5, 5.41) is 18.8. The first-order valence-corrected chi connectivity index (χ1v) is 6.21. The zero-order valence-electron chi connectivity index (χ0n) is 9.03. The van der Waals surface area contributed by atoms with Crippen molar-refractivity contribution >= 4 is 27.6 Å². The van der Waals surface area contributed by atoms with Crippen LogP contribution in [-0.4, -0.2) is 21.7 Å². The van der Waals surface area contributed by atoms with Crippen LogP contribution < -0.4 is 20.0 Å².